The lowest BCUT2D eigenvalue weighted by molar-refractivity contribution is -0.129. The van der Waals surface area contributed by atoms with Crippen LogP contribution in [0.25, 0.3) is 11.7 Å². The summed E-state index contributed by atoms with van der Waals surface area (Å²) >= 11 is 0. The predicted octanol–water partition coefficient (Wildman–Crippen LogP) is 1.01. The molecule has 2 aromatic rings. The maximum absolute atomic E-state index is 13.1. The van der Waals surface area contributed by atoms with E-state index in [4.69, 9.17) is 4.74 Å². The van der Waals surface area contributed by atoms with Crippen LogP contribution >= 0.6 is 0 Å². The van der Waals surface area contributed by atoms with Gasteiger partial charge in [-0.05, 0) is 31.3 Å². The van der Waals surface area contributed by atoms with Crippen molar-refractivity contribution in [2.75, 3.05) is 26.3 Å². The molecule has 3 heterocycles. The average molecular weight is 444 g/mol. The quantitative estimate of drug-likeness (QED) is 0.644. The number of morpholine rings is 1. The van der Waals surface area contributed by atoms with E-state index in [1.807, 2.05) is 13.8 Å². The summed E-state index contributed by atoms with van der Waals surface area (Å²) in [6.45, 7) is 6.36. The molecule has 2 aliphatic rings. The highest BCUT2D eigenvalue weighted by Crippen LogP contribution is 2.24. The minimum absolute atomic E-state index is 0.0258. The van der Waals surface area contributed by atoms with Crippen LogP contribution in [0.15, 0.2) is 17.1 Å². The zero-order valence-electron chi connectivity index (χ0n) is 18.4. The molecule has 1 saturated carbocycles. The molecule has 172 valence electrons. The fourth-order valence-corrected chi connectivity index (χ4v) is 3.92. The number of hydrogen-bond donors (Lipinski definition) is 2. The number of fused-ring (bicyclic) bond motifs is 1. The van der Waals surface area contributed by atoms with E-state index in [0.717, 1.165) is 23.8 Å². The van der Waals surface area contributed by atoms with Crippen molar-refractivity contribution < 1.29 is 19.4 Å². The lowest BCUT2D eigenvalue weighted by Gasteiger charge is -2.26. The molecule has 0 bridgehead atoms. The monoisotopic (exact) mass is 443 g/mol. The molecule has 0 unspecified atom stereocenters. The second-order valence-electron chi connectivity index (χ2n) is 8.72. The van der Waals surface area contributed by atoms with Gasteiger partial charge >= 0.3 is 0 Å². The zero-order valence-corrected chi connectivity index (χ0v) is 18.4. The average Bonchev–Trinajstić information content (AvgIpc) is 3.17. The molecule has 2 fully saturated rings. The predicted molar refractivity (Wildman–Crippen MR) is 117 cm³/mol. The van der Waals surface area contributed by atoms with E-state index < -0.39 is 11.5 Å². The molecule has 0 spiro atoms. The highest BCUT2D eigenvalue weighted by atomic mass is 16.5. The van der Waals surface area contributed by atoms with Crippen LogP contribution in [0, 0.1) is 5.92 Å². The van der Waals surface area contributed by atoms with E-state index in [1.54, 1.807) is 11.0 Å². The summed E-state index contributed by atoms with van der Waals surface area (Å²) in [5.41, 5.74) is -0.153. The number of carbonyl (C=O) groups excluding carboxylic acids is 2. The van der Waals surface area contributed by atoms with Crippen LogP contribution in [0.2, 0.25) is 0 Å². The summed E-state index contributed by atoms with van der Waals surface area (Å²) < 4.78 is 7.92. The van der Waals surface area contributed by atoms with Gasteiger partial charge in [-0.2, -0.15) is 9.61 Å². The third-order valence-corrected chi connectivity index (χ3v) is 5.86. The fraction of sp³-hybridized carbons (Fsp3) is 0.545. The number of amides is 2. The summed E-state index contributed by atoms with van der Waals surface area (Å²) in [6, 6.07) is 0.0258. The second-order valence-corrected chi connectivity index (χ2v) is 8.72. The van der Waals surface area contributed by atoms with Crippen molar-refractivity contribution in [3.05, 3.63) is 33.8 Å². The number of aromatic nitrogens is 3. The van der Waals surface area contributed by atoms with Gasteiger partial charge in [-0.25, -0.2) is 0 Å². The van der Waals surface area contributed by atoms with E-state index in [9.17, 15) is 19.5 Å². The second kappa shape index (κ2) is 9.15. The maximum Gasteiger partial charge on any atom is 0.291 e. The molecule has 10 nitrogen and oxygen atoms in total. The van der Waals surface area contributed by atoms with Gasteiger partial charge in [0.2, 0.25) is 11.8 Å². The molecule has 4 rings (SSSR count). The molecule has 0 atom stereocenters. The van der Waals surface area contributed by atoms with Gasteiger partial charge in [-0.15, -0.1) is 0 Å². The number of nitrogens with zero attached hydrogens (tertiary/aromatic N) is 4. The fourth-order valence-electron chi connectivity index (χ4n) is 3.92. The molecule has 2 aromatic heterocycles. The number of ether oxygens (including phenoxy) is 1. The van der Waals surface area contributed by atoms with Gasteiger partial charge in [-0.1, -0.05) is 13.8 Å². The third kappa shape index (κ3) is 4.27. The first-order valence-electron chi connectivity index (χ1n) is 11.1. The Balaban J connectivity index is 1.74. The number of hydrogen-bond acceptors (Lipinski definition) is 6. The first-order valence-corrected chi connectivity index (χ1v) is 11.1. The Morgan fingerprint density at radius 3 is 2.66 bits per heavy atom. The molecule has 2 amide bonds. The van der Waals surface area contributed by atoms with Crippen molar-refractivity contribution in [2.45, 2.75) is 45.7 Å². The van der Waals surface area contributed by atoms with Gasteiger partial charge in [-0.3, -0.25) is 19.0 Å². The van der Waals surface area contributed by atoms with Crippen molar-refractivity contribution >= 4 is 23.5 Å². The number of nitrogens with one attached hydrogen (secondary N) is 1. The van der Waals surface area contributed by atoms with Crippen molar-refractivity contribution in [3.8, 4) is 5.88 Å². The van der Waals surface area contributed by atoms with E-state index in [1.165, 1.54) is 16.8 Å². The Bertz CT molecular complexity index is 1110. The number of rotatable bonds is 6. The van der Waals surface area contributed by atoms with E-state index in [2.05, 4.69) is 10.4 Å². The first-order chi connectivity index (χ1) is 15.4. The van der Waals surface area contributed by atoms with Crippen molar-refractivity contribution in [1.29, 1.82) is 0 Å². The Labute approximate surface area is 185 Å². The molecular formula is C22H29N5O5. The minimum Gasteiger partial charge on any atom is -0.494 e. The largest absolute Gasteiger partial charge is 0.494 e. The van der Waals surface area contributed by atoms with Crippen molar-refractivity contribution in [2.24, 2.45) is 5.92 Å². The lowest BCUT2D eigenvalue weighted by Crippen LogP contribution is -2.42. The maximum atomic E-state index is 13.1. The third-order valence-electron chi connectivity index (χ3n) is 5.86. The van der Waals surface area contributed by atoms with Crippen LogP contribution in [0.1, 0.15) is 49.0 Å². The van der Waals surface area contributed by atoms with Gasteiger partial charge in [0.15, 0.2) is 5.56 Å². The Hall–Kier alpha value is -3.14. The van der Waals surface area contributed by atoms with Gasteiger partial charge < -0.3 is 20.1 Å². The van der Waals surface area contributed by atoms with Gasteiger partial charge in [0.25, 0.3) is 11.5 Å². The SMILES string of the molecule is CC(C)Cn1c(O)c(C(=O)NC2CCC2)c(=O)n2ncc(C=CC(=O)N3CCOCC3)c12. The van der Waals surface area contributed by atoms with Gasteiger partial charge in [0.05, 0.1) is 19.4 Å². The summed E-state index contributed by atoms with van der Waals surface area (Å²) in [5.74, 6) is -1.02. The lowest BCUT2D eigenvalue weighted by atomic mass is 9.93. The molecule has 2 N–H and O–H groups in total. The normalized spacial score (nSPS) is 17.3. The Morgan fingerprint density at radius 2 is 2.03 bits per heavy atom. The highest BCUT2D eigenvalue weighted by molar-refractivity contribution is 5.97. The smallest absolute Gasteiger partial charge is 0.291 e. The topological polar surface area (TPSA) is 118 Å². The van der Waals surface area contributed by atoms with Crippen molar-refractivity contribution in [1.82, 2.24) is 24.4 Å². The molecule has 1 aliphatic carbocycles. The zero-order chi connectivity index (χ0) is 22.8. The molecule has 32 heavy (non-hydrogen) atoms. The molecule has 10 heteroatoms. The van der Waals surface area contributed by atoms with Crippen LogP contribution < -0.4 is 10.9 Å². The molecule has 1 saturated heterocycles. The van der Waals surface area contributed by atoms with Gasteiger partial charge in [0, 0.05) is 37.3 Å². The Kier molecular flexibility index (Phi) is 6.31. The summed E-state index contributed by atoms with van der Waals surface area (Å²) in [6.07, 6.45) is 7.24. The summed E-state index contributed by atoms with van der Waals surface area (Å²) in [7, 11) is 0. The Morgan fingerprint density at radius 1 is 1.31 bits per heavy atom. The molecular weight excluding hydrogens is 414 g/mol. The van der Waals surface area contributed by atoms with Crippen LogP contribution in [-0.2, 0) is 16.1 Å². The van der Waals surface area contributed by atoms with E-state index >= 15 is 0 Å². The van der Waals surface area contributed by atoms with Crippen LogP contribution in [0.3, 0.4) is 0 Å². The number of aromatic hydroxyl groups is 1. The summed E-state index contributed by atoms with van der Waals surface area (Å²) in [4.78, 5) is 40.0. The van der Waals surface area contributed by atoms with Crippen molar-refractivity contribution in [3.63, 3.8) is 0 Å². The van der Waals surface area contributed by atoms with Crippen LogP contribution in [-0.4, -0.2) is 68.3 Å². The molecule has 0 radical (unpaired) electrons. The number of carbonyl (C=O) groups is 2. The summed E-state index contributed by atoms with van der Waals surface area (Å²) in [5, 5.41) is 17.9. The standard InChI is InChI=1S/C22H29N5O5/c1-14(2)13-26-20-15(6-7-17(28)25-8-10-32-11-9-25)12-23-27(20)22(31)18(21(26)30)19(29)24-16-4-3-5-16/h6-7,12,14,16,30H,3-5,8-11,13H2,1-2H3,(H,24,29). The van der Waals surface area contributed by atoms with Crippen LogP contribution in [0.4, 0.5) is 0 Å². The van der Waals surface area contributed by atoms with E-state index in [0.29, 0.717) is 44.1 Å². The van der Waals surface area contributed by atoms with Gasteiger partial charge in [0.1, 0.15) is 5.65 Å². The first kappa shape index (κ1) is 22.1. The molecule has 0 aromatic carbocycles. The van der Waals surface area contributed by atoms with Crippen LogP contribution in [0.5, 0.6) is 5.88 Å². The molecule has 1 aliphatic heterocycles. The highest BCUT2D eigenvalue weighted by Gasteiger charge is 2.28. The van der Waals surface area contributed by atoms with E-state index in [-0.39, 0.29) is 29.3 Å². The minimum atomic E-state index is -0.687.